The Morgan fingerprint density at radius 2 is 2.05 bits per heavy atom. The Morgan fingerprint density at radius 1 is 1.32 bits per heavy atom. The molecule has 0 aliphatic carbocycles. The zero-order chi connectivity index (χ0) is 15.5. The summed E-state index contributed by atoms with van der Waals surface area (Å²) in [5, 5.41) is 4.10. The monoisotopic (exact) mass is 298 g/mol. The number of para-hydroxylation sites is 1. The van der Waals surface area contributed by atoms with Gasteiger partial charge >= 0.3 is 0 Å². The zero-order valence-electron chi connectivity index (χ0n) is 13.2. The molecule has 0 atom stereocenters. The molecule has 1 amide bonds. The summed E-state index contributed by atoms with van der Waals surface area (Å²) < 4.78 is 5.36. The number of benzene rings is 1. The lowest BCUT2D eigenvalue weighted by atomic mass is 9.98. The molecule has 4 heteroatoms. The van der Waals surface area contributed by atoms with Gasteiger partial charge in [0.1, 0.15) is 0 Å². The lowest BCUT2D eigenvalue weighted by Crippen LogP contribution is -2.39. The summed E-state index contributed by atoms with van der Waals surface area (Å²) in [7, 11) is 0. The van der Waals surface area contributed by atoms with Crippen molar-refractivity contribution in [3.8, 4) is 0 Å². The maximum Gasteiger partial charge on any atom is 0.252 e. The Labute approximate surface area is 130 Å². The first-order valence-electron chi connectivity index (χ1n) is 7.97. The summed E-state index contributed by atoms with van der Waals surface area (Å²) in [6.07, 6.45) is 2.59. The normalized spacial score (nSPS) is 15.9. The topological polar surface area (TPSA) is 51.2 Å². The smallest absolute Gasteiger partial charge is 0.252 e. The molecule has 2 heterocycles. The van der Waals surface area contributed by atoms with Crippen LogP contribution in [0.3, 0.4) is 0 Å². The number of carbonyl (C=O) groups excluding carboxylic acids is 1. The van der Waals surface area contributed by atoms with E-state index in [4.69, 9.17) is 4.74 Å². The van der Waals surface area contributed by atoms with E-state index >= 15 is 0 Å². The highest BCUT2D eigenvalue weighted by molar-refractivity contribution is 6.07. The van der Waals surface area contributed by atoms with Gasteiger partial charge < -0.3 is 10.1 Å². The maximum absolute atomic E-state index is 12.8. The van der Waals surface area contributed by atoms with Crippen LogP contribution in [0, 0.1) is 6.92 Å². The molecule has 3 rings (SSSR count). The van der Waals surface area contributed by atoms with Crippen LogP contribution in [0.25, 0.3) is 10.9 Å². The molecule has 1 aromatic heterocycles. The molecule has 0 radical (unpaired) electrons. The van der Waals surface area contributed by atoms with Crippen LogP contribution in [-0.2, 0) is 11.2 Å². The van der Waals surface area contributed by atoms with Crippen molar-refractivity contribution < 1.29 is 9.53 Å². The Hall–Kier alpha value is -1.94. The average molecular weight is 298 g/mol. The van der Waals surface area contributed by atoms with Gasteiger partial charge in [0.15, 0.2) is 0 Å². The summed E-state index contributed by atoms with van der Waals surface area (Å²) in [6.45, 7) is 5.52. The van der Waals surface area contributed by atoms with Gasteiger partial charge in [-0.25, -0.2) is 0 Å². The van der Waals surface area contributed by atoms with E-state index < -0.39 is 0 Å². The lowest BCUT2D eigenvalue weighted by Gasteiger charge is -2.24. The van der Waals surface area contributed by atoms with Gasteiger partial charge in [-0.1, -0.05) is 25.1 Å². The number of rotatable bonds is 3. The van der Waals surface area contributed by atoms with Crippen molar-refractivity contribution in [1.82, 2.24) is 10.3 Å². The van der Waals surface area contributed by atoms with E-state index in [0.29, 0.717) is 0 Å². The number of pyridine rings is 1. The second-order valence-electron chi connectivity index (χ2n) is 5.79. The number of carbonyl (C=O) groups is 1. The van der Waals surface area contributed by atoms with Gasteiger partial charge in [-0.05, 0) is 37.8 Å². The molecule has 1 fully saturated rings. The number of hydrogen-bond donors (Lipinski definition) is 1. The third-order valence-corrected chi connectivity index (χ3v) is 4.36. The van der Waals surface area contributed by atoms with Crippen LogP contribution in [0.5, 0.6) is 0 Å². The molecular formula is C18H22N2O2. The molecule has 0 bridgehead atoms. The van der Waals surface area contributed by atoms with Crippen LogP contribution in [0.1, 0.15) is 41.4 Å². The minimum atomic E-state index is 0.0118. The Kier molecular flexibility index (Phi) is 4.39. The Morgan fingerprint density at radius 3 is 2.77 bits per heavy atom. The Bertz CT molecular complexity index is 691. The highest BCUT2D eigenvalue weighted by atomic mass is 16.5. The van der Waals surface area contributed by atoms with Gasteiger partial charge in [-0.15, -0.1) is 0 Å². The van der Waals surface area contributed by atoms with Crippen LogP contribution in [-0.4, -0.2) is 30.1 Å². The van der Waals surface area contributed by atoms with E-state index in [9.17, 15) is 4.79 Å². The van der Waals surface area contributed by atoms with Gasteiger partial charge in [0.25, 0.3) is 5.91 Å². The van der Waals surface area contributed by atoms with Crippen LogP contribution in [0.2, 0.25) is 0 Å². The number of aromatic nitrogens is 1. The quantitative estimate of drug-likeness (QED) is 0.947. The van der Waals surface area contributed by atoms with E-state index in [1.54, 1.807) is 0 Å². The second-order valence-corrected chi connectivity index (χ2v) is 5.79. The molecule has 0 unspecified atom stereocenters. The van der Waals surface area contributed by atoms with E-state index in [0.717, 1.165) is 60.2 Å². The molecule has 1 saturated heterocycles. The summed E-state index contributed by atoms with van der Waals surface area (Å²) in [5.41, 5.74) is 3.65. The van der Waals surface area contributed by atoms with Crippen LogP contribution >= 0.6 is 0 Å². The minimum absolute atomic E-state index is 0.0118. The SMILES string of the molecule is CCc1nc2ccccc2c(C(=O)NC2CCOCC2)c1C. The first-order valence-corrected chi connectivity index (χ1v) is 7.97. The first-order chi connectivity index (χ1) is 10.7. The molecule has 4 nitrogen and oxygen atoms in total. The summed E-state index contributed by atoms with van der Waals surface area (Å²) in [4.78, 5) is 17.5. The number of aryl methyl sites for hydroxylation is 1. The van der Waals surface area contributed by atoms with E-state index in [1.165, 1.54) is 0 Å². The van der Waals surface area contributed by atoms with Crippen molar-refractivity contribution in [2.45, 2.75) is 39.2 Å². The van der Waals surface area contributed by atoms with Crippen molar-refractivity contribution in [3.05, 3.63) is 41.1 Å². The second kappa shape index (κ2) is 6.44. The maximum atomic E-state index is 12.8. The predicted molar refractivity (Wildman–Crippen MR) is 87.2 cm³/mol. The average Bonchev–Trinajstić information content (AvgIpc) is 2.55. The fourth-order valence-corrected chi connectivity index (χ4v) is 3.09. The summed E-state index contributed by atoms with van der Waals surface area (Å²) in [6, 6.07) is 8.08. The highest BCUT2D eigenvalue weighted by Crippen LogP contribution is 2.24. The standard InChI is InChI=1S/C18H22N2O2/c1-3-15-12(2)17(14-6-4-5-7-16(14)20-15)18(21)19-13-8-10-22-11-9-13/h4-7,13H,3,8-11H2,1-2H3,(H,19,21). The predicted octanol–water partition coefficient (Wildman–Crippen LogP) is 3.01. The first kappa shape index (κ1) is 15.0. The molecule has 2 aromatic rings. The van der Waals surface area contributed by atoms with Gasteiger partial charge in [0.05, 0.1) is 11.1 Å². The molecular weight excluding hydrogens is 276 g/mol. The molecule has 1 aromatic carbocycles. The van der Waals surface area contributed by atoms with Crippen molar-refractivity contribution in [1.29, 1.82) is 0 Å². The number of fused-ring (bicyclic) bond motifs is 1. The van der Waals surface area contributed by atoms with E-state index in [1.807, 2.05) is 31.2 Å². The van der Waals surface area contributed by atoms with E-state index in [-0.39, 0.29) is 11.9 Å². The number of nitrogens with zero attached hydrogens (tertiary/aromatic N) is 1. The van der Waals surface area contributed by atoms with Crippen LogP contribution < -0.4 is 5.32 Å². The number of amides is 1. The summed E-state index contributed by atoms with van der Waals surface area (Å²) in [5.74, 6) is 0.0118. The largest absolute Gasteiger partial charge is 0.381 e. The van der Waals surface area contributed by atoms with Gasteiger partial charge in [0, 0.05) is 30.3 Å². The van der Waals surface area contributed by atoms with Crippen molar-refractivity contribution in [2.24, 2.45) is 0 Å². The molecule has 22 heavy (non-hydrogen) atoms. The molecule has 1 aliphatic rings. The third-order valence-electron chi connectivity index (χ3n) is 4.36. The van der Waals surface area contributed by atoms with Gasteiger partial charge in [-0.2, -0.15) is 0 Å². The minimum Gasteiger partial charge on any atom is -0.381 e. The van der Waals surface area contributed by atoms with Crippen molar-refractivity contribution >= 4 is 16.8 Å². The Balaban J connectivity index is 2.00. The van der Waals surface area contributed by atoms with E-state index in [2.05, 4.69) is 17.2 Å². The highest BCUT2D eigenvalue weighted by Gasteiger charge is 2.21. The number of nitrogens with one attached hydrogen (secondary N) is 1. The van der Waals surface area contributed by atoms with Crippen molar-refractivity contribution in [3.63, 3.8) is 0 Å². The van der Waals surface area contributed by atoms with Gasteiger partial charge in [0.2, 0.25) is 0 Å². The number of ether oxygens (including phenoxy) is 1. The lowest BCUT2D eigenvalue weighted by molar-refractivity contribution is 0.0697. The number of hydrogen-bond acceptors (Lipinski definition) is 3. The molecule has 1 aliphatic heterocycles. The van der Waals surface area contributed by atoms with Crippen molar-refractivity contribution in [2.75, 3.05) is 13.2 Å². The zero-order valence-corrected chi connectivity index (χ0v) is 13.2. The summed E-state index contributed by atoms with van der Waals surface area (Å²) >= 11 is 0. The molecule has 0 spiro atoms. The van der Waals surface area contributed by atoms with Crippen LogP contribution in [0.15, 0.2) is 24.3 Å². The molecule has 1 N–H and O–H groups in total. The van der Waals surface area contributed by atoms with Gasteiger partial charge in [-0.3, -0.25) is 9.78 Å². The fraction of sp³-hybridized carbons (Fsp3) is 0.444. The molecule has 116 valence electrons. The third kappa shape index (κ3) is 2.83. The van der Waals surface area contributed by atoms with Crippen LogP contribution in [0.4, 0.5) is 0 Å². The molecule has 0 saturated carbocycles. The fourth-order valence-electron chi connectivity index (χ4n) is 3.09.